The van der Waals surface area contributed by atoms with E-state index in [1.807, 2.05) is 49.5 Å². The fourth-order valence-corrected chi connectivity index (χ4v) is 3.94. The molecule has 0 saturated heterocycles. The van der Waals surface area contributed by atoms with Gasteiger partial charge >= 0.3 is 0 Å². The van der Waals surface area contributed by atoms with Gasteiger partial charge in [0.05, 0.1) is 26.6 Å². The second-order valence-corrected chi connectivity index (χ2v) is 8.00. The minimum atomic E-state index is 0.160. The number of hydrogen-bond acceptors (Lipinski definition) is 5. The van der Waals surface area contributed by atoms with Gasteiger partial charge < -0.3 is 5.11 Å². The number of aromatic nitrogens is 2. The smallest absolute Gasteiger partial charge is 0.159 e. The number of phenolic OH excluding ortho intramolecular Hbond substituents is 1. The number of allylic oxidation sites excluding steroid dienone is 1. The van der Waals surface area contributed by atoms with Crippen molar-refractivity contribution >= 4 is 43.8 Å². The molecule has 1 heterocycles. The van der Waals surface area contributed by atoms with Crippen LogP contribution in [0.5, 0.6) is 5.75 Å². The van der Waals surface area contributed by atoms with E-state index < -0.39 is 0 Å². The summed E-state index contributed by atoms with van der Waals surface area (Å²) < 4.78 is 1.19. The zero-order valence-corrected chi connectivity index (χ0v) is 19.2. The van der Waals surface area contributed by atoms with E-state index in [1.54, 1.807) is 18.3 Å². The molecule has 0 unspecified atom stereocenters. The van der Waals surface area contributed by atoms with Gasteiger partial charge in [0.25, 0.3) is 0 Å². The van der Waals surface area contributed by atoms with Gasteiger partial charge in [0, 0.05) is 17.3 Å². The summed E-state index contributed by atoms with van der Waals surface area (Å²) in [6, 6.07) is 13.5. The summed E-state index contributed by atoms with van der Waals surface area (Å²) in [7, 11) is 0. The van der Waals surface area contributed by atoms with Crippen molar-refractivity contribution in [1.29, 1.82) is 0 Å². The van der Waals surface area contributed by atoms with Gasteiger partial charge in [0.2, 0.25) is 0 Å². The number of aromatic hydroxyl groups is 1. The molecule has 7 heteroatoms. The van der Waals surface area contributed by atoms with Crippen molar-refractivity contribution < 1.29 is 5.11 Å². The Kier molecular flexibility index (Phi) is 7.17. The van der Waals surface area contributed by atoms with Gasteiger partial charge in [-0.25, -0.2) is 9.97 Å². The summed E-state index contributed by atoms with van der Waals surface area (Å²) in [6.45, 7) is 4.03. The highest BCUT2D eigenvalue weighted by Crippen LogP contribution is 2.32. The van der Waals surface area contributed by atoms with Crippen LogP contribution >= 0.6 is 31.9 Å². The van der Waals surface area contributed by atoms with Gasteiger partial charge in [-0.15, -0.1) is 0 Å². The summed E-state index contributed by atoms with van der Waals surface area (Å²) in [5, 5.41) is 14.2. The van der Waals surface area contributed by atoms with Crippen LogP contribution in [0.25, 0.3) is 17.1 Å². The molecule has 0 fully saturated rings. The lowest BCUT2D eigenvalue weighted by Crippen LogP contribution is -2.08. The van der Waals surface area contributed by atoms with Gasteiger partial charge in [-0.05, 0) is 62.9 Å². The van der Waals surface area contributed by atoms with Crippen LogP contribution in [-0.4, -0.2) is 21.3 Å². The van der Waals surface area contributed by atoms with E-state index in [4.69, 9.17) is 0 Å². The molecule has 0 aliphatic rings. The van der Waals surface area contributed by atoms with Gasteiger partial charge in [-0.2, -0.15) is 5.10 Å². The Balaban J connectivity index is 1.82. The molecular weight excluding hydrogens is 496 g/mol. The Labute approximate surface area is 186 Å². The highest BCUT2D eigenvalue weighted by Gasteiger charge is 2.09. The average molecular weight is 516 g/mol. The first kappa shape index (κ1) is 21.2. The summed E-state index contributed by atoms with van der Waals surface area (Å²) in [5.74, 6) is 0.859. The van der Waals surface area contributed by atoms with Crippen LogP contribution in [0.1, 0.15) is 30.2 Å². The number of phenols is 1. The number of nitrogens with zero attached hydrogens (tertiary/aromatic N) is 3. The molecule has 0 amide bonds. The second kappa shape index (κ2) is 9.80. The molecule has 148 valence electrons. The molecule has 0 saturated carbocycles. The zero-order chi connectivity index (χ0) is 20.8. The van der Waals surface area contributed by atoms with Crippen LogP contribution in [-0.2, 0) is 0 Å². The minimum Gasteiger partial charge on any atom is -0.506 e. The molecule has 0 bridgehead atoms. The molecule has 2 N–H and O–H groups in total. The van der Waals surface area contributed by atoms with E-state index in [-0.39, 0.29) is 5.75 Å². The first-order chi connectivity index (χ1) is 14.0. The van der Waals surface area contributed by atoms with E-state index in [0.29, 0.717) is 14.8 Å². The number of rotatable bonds is 6. The van der Waals surface area contributed by atoms with Crippen molar-refractivity contribution in [3.8, 4) is 17.1 Å². The van der Waals surface area contributed by atoms with Crippen LogP contribution < -0.4 is 5.43 Å². The lowest BCUT2D eigenvalue weighted by Gasteiger charge is -2.11. The predicted octanol–water partition coefficient (Wildman–Crippen LogP) is 6.06. The molecule has 0 radical (unpaired) electrons. The highest BCUT2D eigenvalue weighted by molar-refractivity contribution is 9.11. The minimum absolute atomic E-state index is 0.160. The van der Waals surface area contributed by atoms with Gasteiger partial charge in [0.1, 0.15) is 5.75 Å². The topological polar surface area (TPSA) is 70.4 Å². The van der Waals surface area contributed by atoms with Gasteiger partial charge in [-0.3, -0.25) is 5.43 Å². The van der Waals surface area contributed by atoms with E-state index in [1.165, 1.54) is 0 Å². The van der Waals surface area contributed by atoms with Crippen LogP contribution in [0, 0.1) is 6.92 Å². The average Bonchev–Trinajstić information content (AvgIpc) is 2.72. The first-order valence-electron chi connectivity index (χ1n) is 9.06. The van der Waals surface area contributed by atoms with Crippen molar-refractivity contribution in [2.75, 3.05) is 0 Å². The summed E-state index contributed by atoms with van der Waals surface area (Å²) in [4.78, 5) is 9.19. The molecule has 29 heavy (non-hydrogen) atoms. The van der Waals surface area contributed by atoms with Crippen molar-refractivity contribution in [2.45, 2.75) is 20.3 Å². The molecule has 0 atom stereocenters. The Morgan fingerprint density at radius 3 is 2.48 bits per heavy atom. The number of hydrazone groups is 1. The summed E-state index contributed by atoms with van der Waals surface area (Å²) >= 11 is 6.65. The SMILES string of the molecule is CC/C=C(/N/N=C/c1cc(Br)c(O)c(Br)c1)c1cnc(-c2ccccc2)nc1C. The predicted molar refractivity (Wildman–Crippen MR) is 125 cm³/mol. The fraction of sp³-hybridized carbons (Fsp3) is 0.136. The third-order valence-electron chi connectivity index (χ3n) is 4.15. The molecule has 0 aliphatic carbocycles. The monoisotopic (exact) mass is 514 g/mol. The van der Waals surface area contributed by atoms with Crippen molar-refractivity contribution in [2.24, 2.45) is 5.10 Å². The number of halogens is 2. The first-order valence-corrected chi connectivity index (χ1v) is 10.6. The second-order valence-electron chi connectivity index (χ2n) is 6.29. The number of nitrogens with one attached hydrogen (secondary N) is 1. The van der Waals surface area contributed by atoms with E-state index in [2.05, 4.69) is 59.3 Å². The zero-order valence-electron chi connectivity index (χ0n) is 16.0. The quantitative estimate of drug-likeness (QED) is 0.309. The number of hydrogen-bond donors (Lipinski definition) is 2. The summed E-state index contributed by atoms with van der Waals surface area (Å²) in [5.41, 5.74) is 7.53. The van der Waals surface area contributed by atoms with Crippen molar-refractivity contribution in [3.05, 3.63) is 80.5 Å². The van der Waals surface area contributed by atoms with Crippen LogP contribution in [0.2, 0.25) is 0 Å². The van der Waals surface area contributed by atoms with E-state index >= 15 is 0 Å². The summed E-state index contributed by atoms with van der Waals surface area (Å²) in [6.07, 6.45) is 6.40. The van der Waals surface area contributed by atoms with Crippen LogP contribution in [0.15, 0.2) is 68.8 Å². The molecular formula is C22H20Br2N4O. The molecule has 5 nitrogen and oxygen atoms in total. The normalized spacial score (nSPS) is 11.8. The third kappa shape index (κ3) is 5.31. The maximum Gasteiger partial charge on any atom is 0.159 e. The lowest BCUT2D eigenvalue weighted by molar-refractivity contribution is 0.468. The molecule has 0 spiro atoms. The van der Waals surface area contributed by atoms with Crippen molar-refractivity contribution in [3.63, 3.8) is 0 Å². The Hall–Kier alpha value is -2.51. The largest absolute Gasteiger partial charge is 0.506 e. The lowest BCUT2D eigenvalue weighted by atomic mass is 10.1. The number of benzene rings is 2. The molecule has 3 rings (SSSR count). The van der Waals surface area contributed by atoms with E-state index in [9.17, 15) is 5.11 Å². The Bertz CT molecular complexity index is 1040. The standard InChI is InChI=1S/C22H20Br2N4O/c1-3-7-20(28-26-12-15-10-18(23)21(29)19(24)11-15)17-13-25-22(27-14(17)2)16-8-5-4-6-9-16/h4-13,28-29H,3H2,1-2H3/b20-7+,26-12+. The van der Waals surface area contributed by atoms with Crippen LogP contribution in [0.3, 0.4) is 0 Å². The molecule has 2 aromatic carbocycles. The highest BCUT2D eigenvalue weighted by atomic mass is 79.9. The van der Waals surface area contributed by atoms with Gasteiger partial charge in [0.15, 0.2) is 5.82 Å². The fourth-order valence-electron chi connectivity index (χ4n) is 2.71. The molecule has 0 aliphatic heterocycles. The Morgan fingerprint density at radius 2 is 1.86 bits per heavy atom. The van der Waals surface area contributed by atoms with Gasteiger partial charge in [-0.1, -0.05) is 43.3 Å². The molecule has 3 aromatic rings. The maximum absolute atomic E-state index is 9.82. The van der Waals surface area contributed by atoms with Crippen LogP contribution in [0.4, 0.5) is 0 Å². The Morgan fingerprint density at radius 1 is 1.17 bits per heavy atom. The number of aryl methyl sites for hydroxylation is 1. The third-order valence-corrected chi connectivity index (χ3v) is 5.36. The van der Waals surface area contributed by atoms with E-state index in [0.717, 1.165) is 34.5 Å². The van der Waals surface area contributed by atoms with Crippen molar-refractivity contribution in [1.82, 2.24) is 15.4 Å². The molecule has 1 aromatic heterocycles. The maximum atomic E-state index is 9.82.